The van der Waals surface area contributed by atoms with Crippen LogP contribution in [0.25, 0.3) is 122 Å². The van der Waals surface area contributed by atoms with E-state index in [9.17, 15) is 0 Å². The van der Waals surface area contributed by atoms with Crippen LogP contribution >= 0.6 is 0 Å². The second-order valence-corrected chi connectivity index (χ2v) is 25.0. The third kappa shape index (κ3) is 6.69. The van der Waals surface area contributed by atoms with Gasteiger partial charge >= 0.3 is 0 Å². The highest BCUT2D eigenvalue weighted by Gasteiger charge is 2.49. The zero-order chi connectivity index (χ0) is 56.4. The molecule has 0 unspecified atom stereocenters. The highest BCUT2D eigenvalue weighted by atomic mass is 16.3. The zero-order valence-corrected chi connectivity index (χ0v) is 47.9. The molecule has 0 aliphatic heterocycles. The summed E-state index contributed by atoms with van der Waals surface area (Å²) in [4.78, 5) is 2.58. The molecule has 3 nitrogen and oxygen atoms in total. The molecule has 3 heteroatoms. The highest BCUT2D eigenvalue weighted by molar-refractivity contribution is 6.22. The van der Waals surface area contributed by atoms with Crippen LogP contribution in [0.1, 0.15) is 74.9 Å². The molecule has 3 aliphatic carbocycles. The molecule has 0 saturated carbocycles. The number of hydrogen-bond donors (Lipinski definition) is 0. The normalized spacial score (nSPS) is 14.6. The first-order chi connectivity index (χ1) is 41.0. The van der Waals surface area contributed by atoms with Gasteiger partial charge in [0.05, 0.1) is 5.69 Å². The molecule has 0 N–H and O–H groups in total. The van der Waals surface area contributed by atoms with Crippen LogP contribution in [0.4, 0.5) is 17.1 Å². The van der Waals surface area contributed by atoms with Gasteiger partial charge in [-0.1, -0.05) is 248 Å². The third-order valence-electron chi connectivity index (χ3n) is 19.4. The highest BCUT2D eigenvalue weighted by Crippen LogP contribution is 2.64. The number of rotatable bonds is 7. The molecule has 0 fully saturated rings. The fourth-order valence-corrected chi connectivity index (χ4v) is 15.5. The van der Waals surface area contributed by atoms with E-state index in [2.05, 4.69) is 295 Å². The molecule has 0 bridgehead atoms. The van der Waals surface area contributed by atoms with E-state index in [1.54, 1.807) is 0 Å². The summed E-state index contributed by atoms with van der Waals surface area (Å²) < 4.78 is 14.1. The maximum absolute atomic E-state index is 7.09. The Balaban J connectivity index is 0.914. The Morgan fingerprint density at radius 2 is 0.714 bits per heavy atom. The minimum absolute atomic E-state index is 0.270. The predicted octanol–water partition coefficient (Wildman–Crippen LogP) is 22.5. The number of hydrogen-bond acceptors (Lipinski definition) is 3. The van der Waals surface area contributed by atoms with Crippen LogP contribution in [-0.2, 0) is 16.2 Å². The Labute approximate surface area is 489 Å². The van der Waals surface area contributed by atoms with Crippen LogP contribution in [-0.4, -0.2) is 0 Å². The predicted molar refractivity (Wildman–Crippen MR) is 350 cm³/mol. The van der Waals surface area contributed by atoms with E-state index in [4.69, 9.17) is 8.83 Å². The zero-order valence-electron chi connectivity index (χ0n) is 47.9. The molecular weight excluding hydrogens is 1020 g/mol. The van der Waals surface area contributed by atoms with Crippen molar-refractivity contribution < 1.29 is 8.83 Å². The van der Waals surface area contributed by atoms with E-state index in [1.807, 2.05) is 0 Å². The van der Waals surface area contributed by atoms with Crippen molar-refractivity contribution in [3.05, 3.63) is 282 Å². The van der Waals surface area contributed by atoms with Gasteiger partial charge in [0, 0.05) is 71.4 Å². The maximum Gasteiger partial charge on any atom is 0.144 e. The molecule has 3 aliphatic rings. The molecule has 0 saturated heterocycles. The maximum atomic E-state index is 7.09. The van der Waals surface area contributed by atoms with E-state index >= 15 is 0 Å². The quantitative estimate of drug-likeness (QED) is 0.159. The Morgan fingerprint density at radius 3 is 1.33 bits per heavy atom. The third-order valence-corrected chi connectivity index (χ3v) is 19.4. The molecule has 2 aromatic heterocycles. The van der Waals surface area contributed by atoms with Crippen LogP contribution in [0.2, 0.25) is 0 Å². The van der Waals surface area contributed by atoms with Gasteiger partial charge in [-0.3, -0.25) is 0 Å². The van der Waals surface area contributed by atoms with E-state index in [1.165, 1.54) is 88.7 Å². The van der Waals surface area contributed by atoms with Crippen LogP contribution < -0.4 is 4.90 Å². The van der Waals surface area contributed by atoms with Gasteiger partial charge in [-0.05, 0) is 131 Å². The Bertz CT molecular complexity index is 5020. The fourth-order valence-electron chi connectivity index (χ4n) is 15.5. The molecule has 0 radical (unpaired) electrons. The Kier molecular flexibility index (Phi) is 10.2. The van der Waals surface area contributed by atoms with Crippen molar-refractivity contribution in [2.24, 2.45) is 0 Å². The van der Waals surface area contributed by atoms with Gasteiger partial charge in [0.25, 0.3) is 0 Å². The van der Waals surface area contributed by atoms with Crippen LogP contribution in [0.15, 0.2) is 258 Å². The van der Waals surface area contributed by atoms with Gasteiger partial charge < -0.3 is 13.7 Å². The molecule has 0 atom stereocenters. The van der Waals surface area contributed by atoms with Gasteiger partial charge in [-0.25, -0.2) is 0 Å². The largest absolute Gasteiger partial charge is 0.455 e. The fraction of sp³-hybridized carbons (Fsp3) is 0.111. The average molecular weight is 1080 g/mol. The summed E-state index contributed by atoms with van der Waals surface area (Å²) >= 11 is 0. The van der Waals surface area contributed by atoms with Crippen molar-refractivity contribution in [1.82, 2.24) is 0 Å². The minimum Gasteiger partial charge on any atom is -0.455 e. The summed E-state index contributed by atoms with van der Waals surface area (Å²) in [6, 6.07) is 91.7. The summed E-state index contributed by atoms with van der Waals surface area (Å²) in [6.45, 7) is 14.6. The summed E-state index contributed by atoms with van der Waals surface area (Å²) in [7, 11) is 0. The second kappa shape index (κ2) is 17.5. The molecule has 84 heavy (non-hydrogen) atoms. The topological polar surface area (TPSA) is 29.5 Å². The van der Waals surface area contributed by atoms with Crippen molar-refractivity contribution in [2.75, 3.05) is 4.90 Å². The van der Waals surface area contributed by atoms with Crippen LogP contribution in [0, 0.1) is 0 Å². The average Bonchev–Trinajstić information content (AvgIpc) is 1.57. The van der Waals surface area contributed by atoms with Crippen molar-refractivity contribution >= 4 is 60.9 Å². The van der Waals surface area contributed by atoms with Crippen LogP contribution in [0.3, 0.4) is 0 Å². The lowest BCUT2D eigenvalue weighted by atomic mass is 9.72. The first kappa shape index (κ1) is 48.7. The molecule has 2 heterocycles. The van der Waals surface area contributed by atoms with Crippen LogP contribution in [0.5, 0.6) is 0 Å². The first-order valence-corrected chi connectivity index (χ1v) is 29.6. The van der Waals surface area contributed by atoms with Gasteiger partial charge in [0.2, 0.25) is 0 Å². The van der Waals surface area contributed by atoms with E-state index in [0.717, 1.165) is 83.5 Å². The molecule has 12 aromatic carbocycles. The molecule has 14 aromatic rings. The number of nitrogens with zero attached hydrogens (tertiary/aromatic N) is 1. The number of fused-ring (bicyclic) bond motifs is 19. The minimum atomic E-state index is -0.399. The van der Waals surface area contributed by atoms with E-state index < -0.39 is 10.8 Å². The monoisotopic (exact) mass is 1080 g/mol. The number of anilines is 3. The second-order valence-electron chi connectivity index (χ2n) is 25.0. The molecule has 400 valence electrons. The lowest BCUT2D eigenvalue weighted by molar-refractivity contribution is 0.600. The summed E-state index contributed by atoms with van der Waals surface area (Å²) in [6.07, 6.45) is 0. The lowest BCUT2D eigenvalue weighted by Crippen LogP contribution is -2.24. The molecular formula is C81H59NO2. The van der Waals surface area contributed by atoms with Gasteiger partial charge in [0.15, 0.2) is 0 Å². The van der Waals surface area contributed by atoms with Crippen molar-refractivity contribution in [1.29, 1.82) is 0 Å². The standard InChI is InChI=1S/C81H59NO2/c1-79(2)64-45-53(41-43-58(64)69-66(79)47-62(77-71(69)60-30-17-20-35-67(60)83-77)52-39-37-49(38-40-52)48-23-10-7-11-24-48)82(76-55(50-25-12-8-13-26-50)32-22-33-56(76)51-27-14-9-15-28-51)54-42-44-59-65(46-54)81(5,6)74-70(59)72-61-31-18-21-36-68(61)84-78(72)73-57-29-16-19-34-63(57)80(3,4)75(73)74/h7-47H,1-6H3. The Morgan fingerprint density at radius 1 is 0.286 bits per heavy atom. The summed E-state index contributed by atoms with van der Waals surface area (Å²) in [5.74, 6) is 0. The van der Waals surface area contributed by atoms with Gasteiger partial charge in [-0.15, -0.1) is 0 Å². The van der Waals surface area contributed by atoms with E-state index in [-0.39, 0.29) is 5.41 Å². The van der Waals surface area contributed by atoms with Gasteiger partial charge in [-0.2, -0.15) is 0 Å². The SMILES string of the molecule is CC1(C)c2cc(N(c3ccc4c(c3)C(C)(C)c3c5c(c6oc7ccccc7c6c3-4)-c3ccccc3C5(C)C)c3c(-c4ccccc4)cccc3-c3ccccc3)ccc2-c2c1cc(-c1ccc(-c3ccccc3)cc1)c1oc3ccccc3c21. The smallest absolute Gasteiger partial charge is 0.144 e. The summed E-state index contributed by atoms with van der Waals surface area (Å²) in [5, 5.41) is 4.66. The lowest BCUT2D eigenvalue weighted by Gasteiger charge is -2.33. The summed E-state index contributed by atoms with van der Waals surface area (Å²) in [5.41, 5.74) is 30.8. The number of benzene rings is 12. The first-order valence-electron chi connectivity index (χ1n) is 29.6. The molecule has 0 amide bonds. The Hall–Kier alpha value is -9.96. The van der Waals surface area contributed by atoms with Crippen molar-refractivity contribution in [3.63, 3.8) is 0 Å². The number of furan rings is 2. The van der Waals surface area contributed by atoms with Gasteiger partial charge in [0.1, 0.15) is 22.3 Å². The van der Waals surface area contributed by atoms with Crippen molar-refractivity contribution in [2.45, 2.75) is 57.8 Å². The molecule has 0 spiro atoms. The van der Waals surface area contributed by atoms with Crippen molar-refractivity contribution in [3.8, 4) is 77.9 Å². The molecule has 17 rings (SSSR count). The van der Waals surface area contributed by atoms with E-state index in [0.29, 0.717) is 0 Å². The number of para-hydroxylation sites is 3.